The lowest BCUT2D eigenvalue weighted by Crippen LogP contribution is -2.21. The Labute approximate surface area is 242 Å². The predicted molar refractivity (Wildman–Crippen MR) is 167 cm³/mol. The number of ether oxygens (including phenoxy) is 1. The highest BCUT2D eigenvalue weighted by atomic mass is 16.5. The number of aliphatic carboxylic acids is 1. The zero-order chi connectivity index (χ0) is 28.7. The van der Waals surface area contributed by atoms with Crippen LogP contribution in [-0.2, 0) is 14.3 Å². The summed E-state index contributed by atoms with van der Waals surface area (Å²) in [6.45, 7) is 7.46. The first-order valence-electron chi connectivity index (χ1n) is 16.7. The lowest BCUT2D eigenvalue weighted by molar-refractivity contribution is -0.152. The van der Waals surface area contributed by atoms with Crippen molar-refractivity contribution in [3.05, 3.63) is 25.3 Å². The van der Waals surface area contributed by atoms with Gasteiger partial charge in [-0.1, -0.05) is 166 Å². The highest BCUT2D eigenvalue weighted by Crippen LogP contribution is 2.19. The first-order valence-corrected chi connectivity index (χ1v) is 16.7. The van der Waals surface area contributed by atoms with Gasteiger partial charge in [0.1, 0.15) is 6.61 Å². The second-order valence-corrected chi connectivity index (χ2v) is 11.6. The summed E-state index contributed by atoms with van der Waals surface area (Å²) in [5.41, 5.74) is 0. The summed E-state index contributed by atoms with van der Waals surface area (Å²) >= 11 is 0. The summed E-state index contributed by atoms with van der Waals surface area (Å²) in [4.78, 5) is 23.0. The Morgan fingerprint density at radius 3 is 1.18 bits per heavy atom. The molecule has 4 nitrogen and oxygen atoms in total. The normalized spacial score (nSPS) is 11.8. The molecule has 0 aromatic heterocycles. The highest BCUT2D eigenvalue weighted by molar-refractivity contribution is 5.79. The van der Waals surface area contributed by atoms with Crippen LogP contribution in [0, 0.1) is 5.92 Å². The van der Waals surface area contributed by atoms with E-state index in [9.17, 15) is 9.59 Å². The van der Waals surface area contributed by atoms with Crippen LogP contribution in [-0.4, -0.2) is 23.7 Å². The maximum Gasteiger partial charge on any atom is 0.309 e. The maximum absolute atomic E-state index is 12.0. The second kappa shape index (κ2) is 31.0. The van der Waals surface area contributed by atoms with Crippen molar-refractivity contribution in [2.75, 3.05) is 6.61 Å². The molecule has 0 radical (unpaired) electrons. The number of carboxylic acid groups (broad SMARTS) is 1. The van der Waals surface area contributed by atoms with Crippen LogP contribution in [0.3, 0.4) is 0 Å². The van der Waals surface area contributed by atoms with Crippen LogP contribution in [0.4, 0.5) is 0 Å². The lowest BCUT2D eigenvalue weighted by Gasteiger charge is -2.13. The highest BCUT2D eigenvalue weighted by Gasteiger charge is 2.22. The van der Waals surface area contributed by atoms with Crippen LogP contribution in [0.25, 0.3) is 0 Å². The maximum atomic E-state index is 12.0. The lowest BCUT2D eigenvalue weighted by atomic mass is 9.97. The van der Waals surface area contributed by atoms with Gasteiger partial charge in [-0.05, 0) is 19.3 Å². The molecule has 0 aliphatic rings. The molecular weight excluding hydrogens is 484 g/mol. The van der Waals surface area contributed by atoms with Crippen molar-refractivity contribution in [1.29, 1.82) is 0 Å². The molecule has 0 spiro atoms. The van der Waals surface area contributed by atoms with Crippen LogP contribution in [0.1, 0.15) is 173 Å². The summed E-state index contributed by atoms with van der Waals surface area (Å²) in [5.74, 6) is -1.88. The third-order valence-electron chi connectivity index (χ3n) is 7.81. The Balaban J connectivity index is 3.30. The van der Waals surface area contributed by atoms with Crippen molar-refractivity contribution in [2.45, 2.75) is 173 Å². The SMILES string of the molecule is C=CCCCCCCCCCCCCCCCCCCCCCCCCCCC(CC(=O)O)C(=O)OCC=C. The molecule has 0 bridgehead atoms. The number of carbonyl (C=O) groups is 2. The van der Waals surface area contributed by atoms with E-state index in [0.29, 0.717) is 6.42 Å². The van der Waals surface area contributed by atoms with Crippen molar-refractivity contribution in [2.24, 2.45) is 5.92 Å². The van der Waals surface area contributed by atoms with Gasteiger partial charge in [-0.15, -0.1) is 6.58 Å². The van der Waals surface area contributed by atoms with Crippen molar-refractivity contribution >= 4 is 11.9 Å². The monoisotopic (exact) mass is 548 g/mol. The molecule has 0 aromatic carbocycles. The smallest absolute Gasteiger partial charge is 0.309 e. The average Bonchev–Trinajstić information content (AvgIpc) is 2.92. The van der Waals surface area contributed by atoms with Gasteiger partial charge in [0, 0.05) is 0 Å². The van der Waals surface area contributed by atoms with Gasteiger partial charge in [0.05, 0.1) is 12.3 Å². The number of hydrogen-bond acceptors (Lipinski definition) is 3. The Kier molecular flexibility index (Phi) is 29.7. The van der Waals surface area contributed by atoms with Crippen LogP contribution in [0.5, 0.6) is 0 Å². The van der Waals surface area contributed by atoms with Gasteiger partial charge < -0.3 is 9.84 Å². The third kappa shape index (κ3) is 29.2. The van der Waals surface area contributed by atoms with Gasteiger partial charge >= 0.3 is 11.9 Å². The van der Waals surface area contributed by atoms with E-state index in [1.165, 1.54) is 147 Å². The molecule has 0 amide bonds. The van der Waals surface area contributed by atoms with E-state index < -0.39 is 17.9 Å². The molecular formula is C35H64O4. The second-order valence-electron chi connectivity index (χ2n) is 11.6. The van der Waals surface area contributed by atoms with E-state index >= 15 is 0 Å². The van der Waals surface area contributed by atoms with Crippen LogP contribution >= 0.6 is 0 Å². The number of rotatable bonds is 32. The number of esters is 1. The fourth-order valence-corrected chi connectivity index (χ4v) is 5.34. The molecule has 1 atom stereocenters. The molecule has 0 saturated carbocycles. The number of allylic oxidation sites excluding steroid dienone is 1. The van der Waals surface area contributed by atoms with Crippen LogP contribution < -0.4 is 0 Å². The van der Waals surface area contributed by atoms with Gasteiger partial charge in [-0.3, -0.25) is 9.59 Å². The molecule has 0 aliphatic heterocycles. The van der Waals surface area contributed by atoms with Gasteiger partial charge in [0.25, 0.3) is 0 Å². The van der Waals surface area contributed by atoms with Crippen LogP contribution in [0.2, 0.25) is 0 Å². The predicted octanol–water partition coefficient (Wildman–Crippen LogP) is 11.1. The van der Waals surface area contributed by atoms with E-state index in [4.69, 9.17) is 9.84 Å². The Morgan fingerprint density at radius 2 is 0.872 bits per heavy atom. The first-order chi connectivity index (χ1) is 19.1. The van der Waals surface area contributed by atoms with Crippen LogP contribution in [0.15, 0.2) is 25.3 Å². The van der Waals surface area contributed by atoms with E-state index in [0.717, 1.165) is 19.3 Å². The first kappa shape index (κ1) is 37.4. The number of unbranched alkanes of at least 4 members (excludes halogenated alkanes) is 24. The van der Waals surface area contributed by atoms with Gasteiger partial charge in [0.2, 0.25) is 0 Å². The molecule has 0 rings (SSSR count). The minimum absolute atomic E-state index is 0.145. The minimum Gasteiger partial charge on any atom is -0.481 e. The standard InChI is InChI=1S/C35H64O4/c1-3-5-6-7-8-9-10-11-12-13-14-15-16-17-18-19-20-21-22-23-24-25-26-27-28-29-30-33(32-34(36)37)35(38)39-31-4-2/h3-4,33H,1-2,5-32H2,(H,36,37). The molecule has 0 fully saturated rings. The average molecular weight is 549 g/mol. The minimum atomic E-state index is -0.941. The molecule has 0 aromatic rings. The van der Waals surface area contributed by atoms with Crippen molar-refractivity contribution in [1.82, 2.24) is 0 Å². The molecule has 1 unspecified atom stereocenters. The molecule has 0 saturated heterocycles. The van der Waals surface area contributed by atoms with Crippen molar-refractivity contribution < 1.29 is 19.4 Å². The fraction of sp³-hybridized carbons (Fsp3) is 0.829. The quantitative estimate of drug-likeness (QED) is 0.0516. The fourth-order valence-electron chi connectivity index (χ4n) is 5.34. The van der Waals surface area contributed by atoms with Gasteiger partial charge in [-0.2, -0.15) is 0 Å². The van der Waals surface area contributed by atoms with E-state index in [-0.39, 0.29) is 13.0 Å². The third-order valence-corrected chi connectivity index (χ3v) is 7.81. The number of carboxylic acids is 1. The summed E-state index contributed by atoms with van der Waals surface area (Å²) in [6.07, 6.45) is 37.5. The van der Waals surface area contributed by atoms with Gasteiger partial charge in [0.15, 0.2) is 0 Å². The topological polar surface area (TPSA) is 63.6 Å². The Hall–Kier alpha value is -1.58. The number of carbonyl (C=O) groups excluding carboxylic acids is 1. The van der Waals surface area contributed by atoms with E-state index in [1.54, 1.807) is 0 Å². The summed E-state index contributed by atoms with van der Waals surface area (Å²) in [6, 6.07) is 0. The van der Waals surface area contributed by atoms with Crippen molar-refractivity contribution in [3.8, 4) is 0 Å². The molecule has 39 heavy (non-hydrogen) atoms. The molecule has 4 heteroatoms. The summed E-state index contributed by atoms with van der Waals surface area (Å²) in [5, 5.41) is 9.03. The summed E-state index contributed by atoms with van der Waals surface area (Å²) < 4.78 is 5.04. The Bertz CT molecular complexity index is 571. The Morgan fingerprint density at radius 1 is 0.538 bits per heavy atom. The van der Waals surface area contributed by atoms with E-state index in [2.05, 4.69) is 13.2 Å². The molecule has 0 aliphatic carbocycles. The van der Waals surface area contributed by atoms with Crippen molar-refractivity contribution in [3.63, 3.8) is 0 Å². The number of hydrogen-bond donors (Lipinski definition) is 1. The molecule has 1 N–H and O–H groups in total. The summed E-state index contributed by atoms with van der Waals surface area (Å²) in [7, 11) is 0. The molecule has 0 heterocycles. The zero-order valence-corrected chi connectivity index (χ0v) is 25.6. The van der Waals surface area contributed by atoms with Gasteiger partial charge in [-0.25, -0.2) is 0 Å². The molecule has 228 valence electrons. The van der Waals surface area contributed by atoms with E-state index in [1.807, 2.05) is 6.08 Å². The largest absolute Gasteiger partial charge is 0.481 e. The zero-order valence-electron chi connectivity index (χ0n) is 25.6.